The van der Waals surface area contributed by atoms with Gasteiger partial charge in [-0.05, 0) is 30.7 Å². The van der Waals surface area contributed by atoms with Crippen molar-refractivity contribution in [2.24, 2.45) is 0 Å². The predicted octanol–water partition coefficient (Wildman–Crippen LogP) is 3.18. The Balaban J connectivity index is 1.76. The molecule has 2 N–H and O–H groups in total. The number of carbonyl (C=O) groups excluding carboxylic acids is 2. The van der Waals surface area contributed by atoms with Crippen LogP contribution in [-0.4, -0.2) is 32.1 Å². The normalized spacial score (nSPS) is 10.1. The minimum atomic E-state index is -0.359. The molecular weight excluding hydrogens is 356 g/mol. The van der Waals surface area contributed by atoms with E-state index in [4.69, 9.17) is 21.1 Å². The van der Waals surface area contributed by atoms with Crippen LogP contribution in [0, 0.1) is 6.92 Å². The standard InChI is InChI=1S/C19H21ClN2O4/c1-13-10-16(17(25-2)11-15(13)20)22-19(24)12-21-18(23)8-9-26-14-6-4-3-5-7-14/h3-7,10-11H,8-9,12H2,1-2H3,(H,21,23)(H,22,24). The summed E-state index contributed by atoms with van der Waals surface area (Å²) >= 11 is 6.04. The van der Waals surface area contributed by atoms with Gasteiger partial charge in [-0.1, -0.05) is 29.8 Å². The van der Waals surface area contributed by atoms with E-state index in [0.717, 1.165) is 5.56 Å². The molecule has 0 aliphatic rings. The van der Waals surface area contributed by atoms with Crippen LogP contribution in [0.25, 0.3) is 0 Å². The molecule has 0 atom stereocenters. The van der Waals surface area contributed by atoms with Crippen molar-refractivity contribution in [2.75, 3.05) is 25.6 Å². The second-order valence-corrected chi connectivity index (χ2v) is 5.95. The highest BCUT2D eigenvalue weighted by Crippen LogP contribution is 2.30. The maximum Gasteiger partial charge on any atom is 0.243 e. The quantitative estimate of drug-likeness (QED) is 0.741. The zero-order valence-corrected chi connectivity index (χ0v) is 15.4. The van der Waals surface area contributed by atoms with Crippen LogP contribution in [0.1, 0.15) is 12.0 Å². The van der Waals surface area contributed by atoms with Gasteiger partial charge in [0.15, 0.2) is 0 Å². The SMILES string of the molecule is COc1cc(Cl)c(C)cc1NC(=O)CNC(=O)CCOc1ccccc1. The maximum absolute atomic E-state index is 12.0. The van der Waals surface area contributed by atoms with Crippen molar-refractivity contribution >= 4 is 29.1 Å². The average molecular weight is 377 g/mol. The predicted molar refractivity (Wildman–Crippen MR) is 101 cm³/mol. The number of amides is 2. The van der Waals surface area contributed by atoms with E-state index in [-0.39, 0.29) is 31.4 Å². The van der Waals surface area contributed by atoms with Gasteiger partial charge in [0.1, 0.15) is 11.5 Å². The van der Waals surface area contributed by atoms with Crippen LogP contribution >= 0.6 is 11.6 Å². The van der Waals surface area contributed by atoms with Crippen LogP contribution in [0.3, 0.4) is 0 Å². The van der Waals surface area contributed by atoms with Gasteiger partial charge in [-0.25, -0.2) is 0 Å². The summed E-state index contributed by atoms with van der Waals surface area (Å²) in [4.78, 5) is 23.8. The Morgan fingerprint density at radius 1 is 1.12 bits per heavy atom. The third-order valence-electron chi connectivity index (χ3n) is 3.54. The number of aryl methyl sites for hydroxylation is 1. The summed E-state index contributed by atoms with van der Waals surface area (Å²) in [5, 5.41) is 5.80. The van der Waals surface area contributed by atoms with E-state index in [9.17, 15) is 9.59 Å². The number of carbonyl (C=O) groups is 2. The van der Waals surface area contributed by atoms with Gasteiger partial charge in [0, 0.05) is 11.1 Å². The van der Waals surface area contributed by atoms with Crippen molar-refractivity contribution in [3.05, 3.63) is 53.1 Å². The summed E-state index contributed by atoms with van der Waals surface area (Å²) in [5.74, 6) is 0.525. The molecule has 0 saturated carbocycles. The van der Waals surface area contributed by atoms with E-state index in [1.165, 1.54) is 7.11 Å². The van der Waals surface area contributed by atoms with Crippen molar-refractivity contribution in [1.29, 1.82) is 0 Å². The van der Waals surface area contributed by atoms with E-state index in [0.29, 0.717) is 22.2 Å². The number of hydrogen-bond acceptors (Lipinski definition) is 4. The number of nitrogens with one attached hydrogen (secondary N) is 2. The molecule has 0 aliphatic carbocycles. The lowest BCUT2D eigenvalue weighted by Gasteiger charge is -2.12. The van der Waals surface area contributed by atoms with Crippen molar-refractivity contribution in [3.63, 3.8) is 0 Å². The van der Waals surface area contributed by atoms with Gasteiger partial charge in [0.05, 0.1) is 32.4 Å². The van der Waals surface area contributed by atoms with Crippen LogP contribution in [0.5, 0.6) is 11.5 Å². The van der Waals surface area contributed by atoms with Crippen LogP contribution in [0.4, 0.5) is 5.69 Å². The van der Waals surface area contributed by atoms with E-state index >= 15 is 0 Å². The molecule has 2 rings (SSSR count). The topological polar surface area (TPSA) is 76.7 Å². The van der Waals surface area contributed by atoms with Crippen LogP contribution in [0.2, 0.25) is 5.02 Å². The molecule has 2 aromatic rings. The molecule has 0 spiro atoms. The fourth-order valence-corrected chi connectivity index (χ4v) is 2.32. The molecule has 0 heterocycles. The van der Waals surface area contributed by atoms with Crippen LogP contribution < -0.4 is 20.1 Å². The highest BCUT2D eigenvalue weighted by atomic mass is 35.5. The first-order chi connectivity index (χ1) is 12.5. The molecule has 2 aromatic carbocycles. The summed E-state index contributed by atoms with van der Waals surface area (Å²) in [7, 11) is 1.49. The largest absolute Gasteiger partial charge is 0.495 e. The minimum Gasteiger partial charge on any atom is -0.495 e. The first-order valence-corrected chi connectivity index (χ1v) is 8.46. The van der Waals surface area contributed by atoms with Gasteiger partial charge in [0.2, 0.25) is 11.8 Å². The smallest absolute Gasteiger partial charge is 0.243 e. The maximum atomic E-state index is 12.0. The Morgan fingerprint density at radius 3 is 2.54 bits per heavy atom. The first-order valence-electron chi connectivity index (χ1n) is 8.08. The lowest BCUT2D eigenvalue weighted by atomic mass is 10.2. The third kappa shape index (κ3) is 5.97. The Bertz CT molecular complexity index is 766. The van der Waals surface area contributed by atoms with Crippen molar-refractivity contribution in [3.8, 4) is 11.5 Å². The Kier molecular flexibility index (Phi) is 7.29. The summed E-state index contributed by atoms with van der Waals surface area (Å²) < 4.78 is 10.6. The monoisotopic (exact) mass is 376 g/mol. The molecule has 0 unspecified atom stereocenters. The summed E-state index contributed by atoms with van der Waals surface area (Å²) in [6.07, 6.45) is 0.158. The second kappa shape index (κ2) is 9.68. The molecular formula is C19H21ClN2O4. The molecule has 0 bridgehead atoms. The van der Waals surface area contributed by atoms with E-state index < -0.39 is 0 Å². The van der Waals surface area contributed by atoms with Gasteiger partial charge in [-0.2, -0.15) is 0 Å². The first kappa shape index (κ1) is 19.6. The molecule has 0 fully saturated rings. The van der Waals surface area contributed by atoms with Gasteiger partial charge in [-0.15, -0.1) is 0 Å². The molecule has 0 aromatic heterocycles. The van der Waals surface area contributed by atoms with Gasteiger partial charge in [0.25, 0.3) is 0 Å². The highest BCUT2D eigenvalue weighted by Gasteiger charge is 2.11. The molecule has 0 saturated heterocycles. The molecule has 2 amide bonds. The molecule has 138 valence electrons. The highest BCUT2D eigenvalue weighted by molar-refractivity contribution is 6.31. The Morgan fingerprint density at radius 2 is 1.85 bits per heavy atom. The van der Waals surface area contributed by atoms with E-state index in [1.54, 1.807) is 12.1 Å². The number of methoxy groups -OCH3 is 1. The number of benzene rings is 2. The number of hydrogen-bond donors (Lipinski definition) is 2. The number of halogens is 1. The molecule has 26 heavy (non-hydrogen) atoms. The number of para-hydroxylation sites is 1. The van der Waals surface area contributed by atoms with Gasteiger partial charge >= 0.3 is 0 Å². The summed E-state index contributed by atoms with van der Waals surface area (Å²) in [5.41, 5.74) is 1.31. The third-order valence-corrected chi connectivity index (χ3v) is 3.95. The molecule has 6 nitrogen and oxygen atoms in total. The van der Waals surface area contributed by atoms with Crippen molar-refractivity contribution in [2.45, 2.75) is 13.3 Å². The lowest BCUT2D eigenvalue weighted by molar-refractivity contribution is -0.124. The number of rotatable bonds is 8. The Labute approximate surface area is 157 Å². The van der Waals surface area contributed by atoms with E-state index in [2.05, 4.69) is 10.6 Å². The van der Waals surface area contributed by atoms with Gasteiger partial charge in [-0.3, -0.25) is 9.59 Å². The molecule has 7 heteroatoms. The second-order valence-electron chi connectivity index (χ2n) is 5.54. The van der Waals surface area contributed by atoms with Crippen LogP contribution in [0.15, 0.2) is 42.5 Å². The molecule has 0 aliphatic heterocycles. The summed E-state index contributed by atoms with van der Waals surface area (Å²) in [6.45, 7) is 1.92. The fourth-order valence-electron chi connectivity index (χ4n) is 2.17. The van der Waals surface area contributed by atoms with Crippen molar-refractivity contribution < 1.29 is 19.1 Å². The van der Waals surface area contributed by atoms with Crippen molar-refractivity contribution in [1.82, 2.24) is 5.32 Å². The zero-order chi connectivity index (χ0) is 18.9. The number of ether oxygens (including phenoxy) is 2. The van der Waals surface area contributed by atoms with E-state index in [1.807, 2.05) is 37.3 Å². The lowest BCUT2D eigenvalue weighted by Crippen LogP contribution is -2.33. The number of anilines is 1. The van der Waals surface area contributed by atoms with Gasteiger partial charge < -0.3 is 20.1 Å². The Hall–Kier alpha value is -2.73. The summed E-state index contributed by atoms with van der Waals surface area (Å²) in [6, 6.07) is 12.6. The minimum absolute atomic E-state index is 0.144. The average Bonchev–Trinajstić information content (AvgIpc) is 2.63. The fraction of sp³-hybridized carbons (Fsp3) is 0.263. The zero-order valence-electron chi connectivity index (χ0n) is 14.7. The molecule has 0 radical (unpaired) electrons. The van der Waals surface area contributed by atoms with Crippen LogP contribution in [-0.2, 0) is 9.59 Å².